The van der Waals surface area contributed by atoms with Crippen LogP contribution in [0.1, 0.15) is 31.4 Å². The molecule has 13 heavy (non-hydrogen) atoms. The topological polar surface area (TPSA) is 17.8 Å². The summed E-state index contributed by atoms with van der Waals surface area (Å²) in [5.74, 6) is 0.816. The zero-order chi connectivity index (χ0) is 9.26. The third-order valence-electron chi connectivity index (χ3n) is 2.60. The Hall–Kier alpha value is -0.440. The van der Waals surface area contributed by atoms with Crippen LogP contribution in [0.3, 0.4) is 0 Å². The van der Waals surface area contributed by atoms with E-state index in [-0.39, 0.29) is 0 Å². The second-order valence-corrected chi connectivity index (χ2v) is 5.07. The van der Waals surface area contributed by atoms with Crippen molar-refractivity contribution in [2.75, 3.05) is 6.26 Å². The fraction of sp³-hybridized carbons (Fsp3) is 0.700. The second-order valence-electron chi connectivity index (χ2n) is 3.79. The van der Waals surface area contributed by atoms with Gasteiger partial charge in [0, 0.05) is 29.6 Å². The molecule has 1 saturated carbocycles. The average molecular weight is 196 g/mol. The molecule has 1 aromatic heterocycles. The Balaban J connectivity index is 2.05. The number of hydrogen-bond acceptors (Lipinski definition) is 2. The van der Waals surface area contributed by atoms with Crippen molar-refractivity contribution >= 4 is 11.8 Å². The van der Waals surface area contributed by atoms with Gasteiger partial charge in [-0.3, -0.25) is 0 Å². The molecule has 0 radical (unpaired) electrons. The van der Waals surface area contributed by atoms with Crippen LogP contribution in [0, 0.1) is 0 Å². The summed E-state index contributed by atoms with van der Waals surface area (Å²) >= 11 is 1.92. The summed E-state index contributed by atoms with van der Waals surface area (Å²) in [6.45, 7) is 3.37. The number of hydrogen-bond donors (Lipinski definition) is 0. The van der Waals surface area contributed by atoms with Crippen LogP contribution < -0.4 is 0 Å². The second kappa shape index (κ2) is 3.74. The normalized spacial score (nSPS) is 18.9. The zero-order valence-electron chi connectivity index (χ0n) is 8.23. The largest absolute Gasteiger partial charge is 0.333 e. The van der Waals surface area contributed by atoms with E-state index in [4.69, 9.17) is 0 Å². The summed E-state index contributed by atoms with van der Waals surface area (Å²) < 4.78 is 2.32. The van der Waals surface area contributed by atoms with Crippen molar-refractivity contribution in [2.24, 2.45) is 0 Å². The van der Waals surface area contributed by atoms with Gasteiger partial charge < -0.3 is 4.57 Å². The van der Waals surface area contributed by atoms with Gasteiger partial charge in [0.2, 0.25) is 0 Å². The Morgan fingerprint density at radius 2 is 2.46 bits per heavy atom. The standard InChI is InChI=1S/C10H16N2S/c1-8(13-2)6-12-7-11-5-10(12)9-3-4-9/h5,7-9H,3-4,6H2,1-2H3. The first kappa shape index (κ1) is 9.13. The molecule has 3 heteroatoms. The lowest BCUT2D eigenvalue weighted by Crippen LogP contribution is -2.10. The molecule has 0 spiro atoms. The Morgan fingerprint density at radius 1 is 1.69 bits per heavy atom. The molecule has 0 N–H and O–H groups in total. The molecule has 0 amide bonds. The third kappa shape index (κ3) is 2.08. The van der Waals surface area contributed by atoms with E-state index in [2.05, 4.69) is 22.7 Å². The smallest absolute Gasteiger partial charge is 0.0948 e. The quantitative estimate of drug-likeness (QED) is 0.736. The first-order valence-corrected chi connectivity index (χ1v) is 6.13. The number of aromatic nitrogens is 2. The zero-order valence-corrected chi connectivity index (χ0v) is 9.05. The fourth-order valence-electron chi connectivity index (χ4n) is 1.55. The monoisotopic (exact) mass is 196 g/mol. The summed E-state index contributed by atoms with van der Waals surface area (Å²) in [5.41, 5.74) is 1.45. The minimum absolute atomic E-state index is 0.687. The van der Waals surface area contributed by atoms with Crippen molar-refractivity contribution in [3.8, 4) is 0 Å². The molecule has 2 rings (SSSR count). The van der Waals surface area contributed by atoms with Gasteiger partial charge in [-0.05, 0) is 19.1 Å². The number of nitrogens with zero attached hydrogens (tertiary/aromatic N) is 2. The molecular weight excluding hydrogens is 180 g/mol. The molecule has 1 aliphatic carbocycles. The van der Waals surface area contributed by atoms with Gasteiger partial charge in [0.25, 0.3) is 0 Å². The van der Waals surface area contributed by atoms with Crippen LogP contribution in [0.4, 0.5) is 0 Å². The minimum atomic E-state index is 0.687. The van der Waals surface area contributed by atoms with Crippen LogP contribution >= 0.6 is 11.8 Å². The maximum absolute atomic E-state index is 4.22. The molecule has 72 valence electrons. The maximum Gasteiger partial charge on any atom is 0.0948 e. The van der Waals surface area contributed by atoms with Gasteiger partial charge >= 0.3 is 0 Å². The van der Waals surface area contributed by atoms with E-state index in [1.54, 1.807) is 0 Å². The van der Waals surface area contributed by atoms with Crippen molar-refractivity contribution in [1.82, 2.24) is 9.55 Å². The highest BCUT2D eigenvalue weighted by Crippen LogP contribution is 2.39. The highest BCUT2D eigenvalue weighted by Gasteiger charge is 2.26. The molecule has 0 saturated heterocycles. The average Bonchev–Trinajstić information content (AvgIpc) is 2.88. The Bertz CT molecular complexity index is 278. The van der Waals surface area contributed by atoms with E-state index in [0.717, 1.165) is 12.5 Å². The van der Waals surface area contributed by atoms with Crippen LogP contribution in [-0.2, 0) is 6.54 Å². The van der Waals surface area contributed by atoms with Crippen LogP contribution in [0.15, 0.2) is 12.5 Å². The number of imidazole rings is 1. The molecule has 2 nitrogen and oxygen atoms in total. The van der Waals surface area contributed by atoms with Crippen LogP contribution in [0.5, 0.6) is 0 Å². The van der Waals surface area contributed by atoms with Crippen molar-refractivity contribution in [2.45, 2.75) is 37.5 Å². The number of thioether (sulfide) groups is 1. The van der Waals surface area contributed by atoms with E-state index in [9.17, 15) is 0 Å². The first-order valence-electron chi connectivity index (χ1n) is 4.84. The summed E-state index contributed by atoms with van der Waals surface area (Å²) in [7, 11) is 0. The summed E-state index contributed by atoms with van der Waals surface area (Å²) in [4.78, 5) is 4.22. The Kier molecular flexibility index (Phi) is 2.63. The molecule has 1 aromatic rings. The molecule has 0 aromatic carbocycles. The van der Waals surface area contributed by atoms with Crippen molar-refractivity contribution < 1.29 is 0 Å². The first-order chi connectivity index (χ1) is 6.31. The van der Waals surface area contributed by atoms with Crippen molar-refractivity contribution in [3.05, 3.63) is 18.2 Å². The molecule has 1 heterocycles. The van der Waals surface area contributed by atoms with E-state index < -0.39 is 0 Å². The SMILES string of the molecule is CSC(C)Cn1cncc1C1CC1. The van der Waals surface area contributed by atoms with Gasteiger partial charge in [0.05, 0.1) is 6.33 Å². The van der Waals surface area contributed by atoms with Crippen LogP contribution in [0.25, 0.3) is 0 Å². The maximum atomic E-state index is 4.22. The van der Waals surface area contributed by atoms with Gasteiger partial charge in [0.1, 0.15) is 0 Å². The Labute approximate surface area is 83.7 Å². The number of rotatable bonds is 4. The minimum Gasteiger partial charge on any atom is -0.333 e. The molecule has 1 fully saturated rings. The van der Waals surface area contributed by atoms with Gasteiger partial charge in [-0.25, -0.2) is 4.98 Å². The highest BCUT2D eigenvalue weighted by atomic mass is 32.2. The molecule has 1 unspecified atom stereocenters. The van der Waals surface area contributed by atoms with Crippen LogP contribution in [-0.4, -0.2) is 21.1 Å². The lowest BCUT2D eigenvalue weighted by atomic mass is 10.3. The molecular formula is C10H16N2S. The lowest BCUT2D eigenvalue weighted by molar-refractivity contribution is 0.659. The molecule has 1 aliphatic rings. The predicted molar refractivity (Wildman–Crippen MR) is 57.2 cm³/mol. The van der Waals surface area contributed by atoms with Gasteiger partial charge in [-0.15, -0.1) is 0 Å². The van der Waals surface area contributed by atoms with E-state index in [0.29, 0.717) is 5.25 Å². The molecule has 1 atom stereocenters. The van der Waals surface area contributed by atoms with Crippen LogP contribution in [0.2, 0.25) is 0 Å². The van der Waals surface area contributed by atoms with Gasteiger partial charge in [-0.1, -0.05) is 6.92 Å². The Morgan fingerprint density at radius 3 is 3.08 bits per heavy atom. The molecule has 0 aliphatic heterocycles. The fourth-order valence-corrected chi connectivity index (χ4v) is 1.86. The molecule has 0 bridgehead atoms. The summed E-state index contributed by atoms with van der Waals surface area (Å²) in [6, 6.07) is 0. The van der Waals surface area contributed by atoms with E-state index >= 15 is 0 Å². The predicted octanol–water partition coefficient (Wildman–Crippen LogP) is 2.51. The van der Waals surface area contributed by atoms with E-state index in [1.807, 2.05) is 24.3 Å². The van der Waals surface area contributed by atoms with Crippen molar-refractivity contribution in [3.63, 3.8) is 0 Å². The van der Waals surface area contributed by atoms with E-state index in [1.165, 1.54) is 18.5 Å². The highest BCUT2D eigenvalue weighted by molar-refractivity contribution is 7.99. The summed E-state index contributed by atoms with van der Waals surface area (Å²) in [5, 5.41) is 0.687. The summed E-state index contributed by atoms with van der Waals surface area (Å²) in [6.07, 6.45) is 8.89. The third-order valence-corrected chi connectivity index (χ3v) is 3.55. The van der Waals surface area contributed by atoms with Gasteiger partial charge in [-0.2, -0.15) is 11.8 Å². The van der Waals surface area contributed by atoms with Gasteiger partial charge in [0.15, 0.2) is 0 Å². The lowest BCUT2D eigenvalue weighted by Gasteiger charge is -2.11. The van der Waals surface area contributed by atoms with Crippen molar-refractivity contribution in [1.29, 1.82) is 0 Å².